The van der Waals surface area contributed by atoms with Gasteiger partial charge in [-0.05, 0) is 29.2 Å². The van der Waals surface area contributed by atoms with Crippen molar-refractivity contribution in [3.05, 3.63) is 22.9 Å². The van der Waals surface area contributed by atoms with Crippen LogP contribution in [-0.4, -0.2) is 0 Å². The summed E-state index contributed by atoms with van der Waals surface area (Å²) >= 11 is 0. The Hall–Kier alpha value is -0.720. The average Bonchev–Trinajstić information content (AvgIpc) is 2.00. The molecule has 0 unspecified atom stereocenters. The Balaban J connectivity index is 3.11. The summed E-state index contributed by atoms with van der Waals surface area (Å²) in [6, 6.07) is 0. The fourth-order valence-electron chi connectivity index (χ4n) is 2.03. The normalized spacial score (nSPS) is 19.2. The van der Waals surface area contributed by atoms with Crippen molar-refractivity contribution in [1.29, 1.82) is 0 Å². The Kier molecular flexibility index (Phi) is 3.04. The van der Waals surface area contributed by atoms with E-state index in [2.05, 4.69) is 47.6 Å². The van der Waals surface area contributed by atoms with Gasteiger partial charge in [0, 0.05) is 5.70 Å². The molecule has 0 fully saturated rings. The lowest BCUT2D eigenvalue weighted by atomic mass is 9.74. The lowest BCUT2D eigenvalue weighted by Crippen LogP contribution is -2.21. The molecule has 1 heteroatoms. The topological polar surface area (TPSA) is 26.0 Å². The van der Waals surface area contributed by atoms with Gasteiger partial charge in [0.1, 0.15) is 0 Å². The van der Waals surface area contributed by atoms with Gasteiger partial charge < -0.3 is 5.73 Å². The molecule has 2 N–H and O–H groups in total. The Labute approximate surface area is 94.4 Å². The van der Waals surface area contributed by atoms with E-state index in [1.165, 1.54) is 11.1 Å². The van der Waals surface area contributed by atoms with Crippen molar-refractivity contribution in [3.63, 3.8) is 0 Å². The molecule has 15 heavy (non-hydrogen) atoms. The number of hydrogen-bond donors (Lipinski definition) is 1. The summed E-state index contributed by atoms with van der Waals surface area (Å²) in [5, 5.41) is 0. The fourth-order valence-corrected chi connectivity index (χ4v) is 2.03. The van der Waals surface area contributed by atoms with E-state index in [1.807, 2.05) is 0 Å². The van der Waals surface area contributed by atoms with E-state index in [-0.39, 0.29) is 10.8 Å². The third kappa shape index (κ3) is 2.87. The van der Waals surface area contributed by atoms with Crippen LogP contribution in [0.2, 0.25) is 0 Å². The minimum atomic E-state index is 0.168. The van der Waals surface area contributed by atoms with Gasteiger partial charge in [-0.15, -0.1) is 0 Å². The first-order valence-corrected chi connectivity index (χ1v) is 5.82. The van der Waals surface area contributed by atoms with Gasteiger partial charge in [0.25, 0.3) is 0 Å². The van der Waals surface area contributed by atoms with Gasteiger partial charge in [0.05, 0.1) is 0 Å². The van der Waals surface area contributed by atoms with Crippen LogP contribution >= 0.6 is 0 Å². The van der Waals surface area contributed by atoms with Gasteiger partial charge in [-0.1, -0.05) is 53.2 Å². The molecule has 86 valence electrons. The highest BCUT2D eigenvalue weighted by Gasteiger charge is 2.26. The molecule has 0 aromatic rings. The lowest BCUT2D eigenvalue weighted by molar-refractivity contribution is 0.458. The standard InChI is InChI=1S/C14H25N/c1-13(2,3)10-7-8-12(15)11(9-10)14(4,5)6/h9H,7-8,15H2,1-6H3. The molecule has 0 aromatic carbocycles. The van der Waals surface area contributed by atoms with Gasteiger partial charge in [-0.25, -0.2) is 0 Å². The molecule has 0 radical (unpaired) electrons. The monoisotopic (exact) mass is 207 g/mol. The van der Waals surface area contributed by atoms with E-state index in [9.17, 15) is 0 Å². The maximum absolute atomic E-state index is 6.11. The highest BCUT2D eigenvalue weighted by molar-refractivity contribution is 5.37. The highest BCUT2D eigenvalue weighted by Crippen LogP contribution is 2.39. The molecular formula is C14H25N. The third-order valence-corrected chi connectivity index (χ3v) is 3.10. The maximum Gasteiger partial charge on any atom is 0.0122 e. The zero-order valence-electron chi connectivity index (χ0n) is 11.1. The minimum Gasteiger partial charge on any atom is -0.402 e. The second kappa shape index (κ2) is 3.70. The number of rotatable bonds is 0. The van der Waals surface area contributed by atoms with Crippen LogP contribution in [0.4, 0.5) is 0 Å². The summed E-state index contributed by atoms with van der Waals surface area (Å²) in [7, 11) is 0. The molecule has 0 aliphatic heterocycles. The lowest BCUT2D eigenvalue weighted by Gasteiger charge is -2.32. The second-order valence-corrected chi connectivity index (χ2v) is 6.61. The SMILES string of the molecule is CC(C)(C)C1=CC(C(C)(C)C)=C(N)CC1. The molecule has 0 heterocycles. The Bertz CT molecular complexity index is 305. The Morgan fingerprint density at radius 1 is 0.933 bits per heavy atom. The molecule has 1 aliphatic carbocycles. The van der Waals surface area contributed by atoms with Crippen LogP contribution < -0.4 is 5.73 Å². The fraction of sp³-hybridized carbons (Fsp3) is 0.714. The minimum absolute atomic E-state index is 0.168. The van der Waals surface area contributed by atoms with Gasteiger partial charge >= 0.3 is 0 Å². The molecule has 0 spiro atoms. The van der Waals surface area contributed by atoms with Crippen LogP contribution in [0, 0.1) is 10.8 Å². The zero-order chi connectivity index (χ0) is 11.9. The maximum atomic E-state index is 6.11. The molecular weight excluding hydrogens is 182 g/mol. The molecule has 0 atom stereocenters. The van der Waals surface area contributed by atoms with Crippen LogP contribution in [0.25, 0.3) is 0 Å². The quantitative estimate of drug-likeness (QED) is 0.638. The second-order valence-electron chi connectivity index (χ2n) is 6.61. The van der Waals surface area contributed by atoms with Gasteiger partial charge in [-0.2, -0.15) is 0 Å². The molecule has 0 amide bonds. The van der Waals surface area contributed by atoms with E-state index in [0.717, 1.165) is 18.5 Å². The number of hydrogen-bond acceptors (Lipinski definition) is 1. The van der Waals surface area contributed by atoms with Crippen molar-refractivity contribution < 1.29 is 0 Å². The molecule has 1 aliphatic rings. The van der Waals surface area contributed by atoms with Gasteiger partial charge in [-0.3, -0.25) is 0 Å². The van der Waals surface area contributed by atoms with Crippen molar-refractivity contribution >= 4 is 0 Å². The van der Waals surface area contributed by atoms with Gasteiger partial charge in [0.2, 0.25) is 0 Å². The third-order valence-electron chi connectivity index (χ3n) is 3.10. The summed E-state index contributed by atoms with van der Waals surface area (Å²) in [5.74, 6) is 0. The molecule has 0 bridgehead atoms. The van der Waals surface area contributed by atoms with Gasteiger partial charge in [0.15, 0.2) is 0 Å². The summed E-state index contributed by atoms with van der Waals surface area (Å²) in [5.41, 5.74) is 10.5. The summed E-state index contributed by atoms with van der Waals surface area (Å²) < 4.78 is 0. The summed E-state index contributed by atoms with van der Waals surface area (Å²) in [4.78, 5) is 0. The largest absolute Gasteiger partial charge is 0.402 e. The van der Waals surface area contributed by atoms with Crippen LogP contribution in [0.5, 0.6) is 0 Å². The van der Waals surface area contributed by atoms with E-state index in [1.54, 1.807) is 0 Å². The predicted molar refractivity (Wildman–Crippen MR) is 67.4 cm³/mol. The molecule has 0 saturated carbocycles. The van der Waals surface area contributed by atoms with Crippen LogP contribution in [0.1, 0.15) is 54.4 Å². The Morgan fingerprint density at radius 2 is 1.47 bits per heavy atom. The molecule has 1 rings (SSSR count). The van der Waals surface area contributed by atoms with Crippen molar-refractivity contribution in [3.8, 4) is 0 Å². The van der Waals surface area contributed by atoms with Crippen molar-refractivity contribution in [2.24, 2.45) is 16.6 Å². The van der Waals surface area contributed by atoms with Crippen LogP contribution in [0.3, 0.4) is 0 Å². The highest BCUT2D eigenvalue weighted by atomic mass is 14.6. The summed E-state index contributed by atoms with van der Waals surface area (Å²) in [6.45, 7) is 13.5. The first-order chi connectivity index (χ1) is 6.62. The summed E-state index contributed by atoms with van der Waals surface area (Å²) in [6.07, 6.45) is 4.48. The Morgan fingerprint density at radius 3 is 1.87 bits per heavy atom. The van der Waals surface area contributed by atoms with E-state index < -0.39 is 0 Å². The average molecular weight is 207 g/mol. The number of nitrogens with two attached hydrogens (primary N) is 1. The smallest absolute Gasteiger partial charge is 0.0122 e. The van der Waals surface area contributed by atoms with E-state index in [4.69, 9.17) is 5.73 Å². The van der Waals surface area contributed by atoms with Crippen molar-refractivity contribution in [1.82, 2.24) is 0 Å². The molecule has 0 aromatic heterocycles. The molecule has 1 nitrogen and oxygen atoms in total. The van der Waals surface area contributed by atoms with Crippen LogP contribution in [-0.2, 0) is 0 Å². The first-order valence-electron chi connectivity index (χ1n) is 5.82. The van der Waals surface area contributed by atoms with Crippen molar-refractivity contribution in [2.75, 3.05) is 0 Å². The van der Waals surface area contributed by atoms with Crippen molar-refractivity contribution in [2.45, 2.75) is 54.4 Å². The van der Waals surface area contributed by atoms with Crippen LogP contribution in [0.15, 0.2) is 22.9 Å². The molecule has 0 saturated heterocycles. The van der Waals surface area contributed by atoms with E-state index in [0.29, 0.717) is 0 Å². The first kappa shape index (κ1) is 12.4. The van der Waals surface area contributed by atoms with E-state index >= 15 is 0 Å². The predicted octanol–water partition coefficient (Wildman–Crippen LogP) is 4.01. The zero-order valence-corrected chi connectivity index (χ0v) is 11.1. The number of allylic oxidation sites excluding steroid dienone is 4.